The zero-order chi connectivity index (χ0) is 10.1. The lowest BCUT2D eigenvalue weighted by Gasteiger charge is -2.04. The van der Waals surface area contributed by atoms with E-state index in [1.807, 2.05) is 0 Å². The smallest absolute Gasteiger partial charge is 0.212 e. The van der Waals surface area contributed by atoms with Gasteiger partial charge >= 0.3 is 0 Å². The minimum atomic E-state index is -3.65. The van der Waals surface area contributed by atoms with Gasteiger partial charge in [-0.3, -0.25) is 0 Å². The summed E-state index contributed by atoms with van der Waals surface area (Å²) >= 11 is 10.6. The van der Waals surface area contributed by atoms with Gasteiger partial charge in [0, 0.05) is 5.69 Å². The van der Waals surface area contributed by atoms with Crippen molar-refractivity contribution >= 4 is 38.7 Å². The quantitative estimate of drug-likeness (QED) is 0.633. The van der Waals surface area contributed by atoms with Crippen LogP contribution in [0.1, 0.15) is 0 Å². The van der Waals surface area contributed by atoms with Crippen molar-refractivity contribution in [2.45, 2.75) is 9.06 Å². The summed E-state index contributed by atoms with van der Waals surface area (Å²) in [7, 11) is -3.65. The van der Waals surface area contributed by atoms with Crippen LogP contribution in [0.2, 0.25) is 0 Å². The van der Waals surface area contributed by atoms with Crippen LogP contribution in [-0.2, 0) is 9.84 Å². The average molecular weight is 240 g/mol. The number of nitrogens with two attached hydrogens (primary N) is 1. The van der Waals surface area contributed by atoms with Crippen LogP contribution >= 0.6 is 23.2 Å². The number of nitrogen functional groups attached to an aromatic ring is 1. The Bertz CT molecular complexity index is 403. The summed E-state index contributed by atoms with van der Waals surface area (Å²) in [4.78, 5) is 0.0301. The van der Waals surface area contributed by atoms with Gasteiger partial charge in [-0.1, -0.05) is 29.3 Å². The van der Waals surface area contributed by atoms with Crippen molar-refractivity contribution in [2.75, 3.05) is 5.73 Å². The number of halogens is 2. The summed E-state index contributed by atoms with van der Waals surface area (Å²) in [6.07, 6.45) is 0. The summed E-state index contributed by atoms with van der Waals surface area (Å²) in [6.45, 7) is 0. The average Bonchev–Trinajstić information content (AvgIpc) is 2.04. The number of hydrogen-bond acceptors (Lipinski definition) is 3. The van der Waals surface area contributed by atoms with Crippen LogP contribution in [0.25, 0.3) is 0 Å². The topological polar surface area (TPSA) is 60.2 Å². The number of rotatable bonds is 2. The lowest BCUT2D eigenvalue weighted by molar-refractivity contribution is 0.598. The molecule has 0 spiro atoms. The van der Waals surface area contributed by atoms with E-state index in [9.17, 15) is 8.42 Å². The third kappa shape index (κ3) is 2.27. The molecule has 0 saturated carbocycles. The molecule has 1 aromatic carbocycles. The van der Waals surface area contributed by atoms with E-state index in [-0.39, 0.29) is 4.90 Å². The largest absolute Gasteiger partial charge is 0.399 e. The predicted octanol–water partition coefficient (Wildman–Crippen LogP) is 1.80. The van der Waals surface area contributed by atoms with E-state index < -0.39 is 14.0 Å². The number of hydrogen-bond donors (Lipinski definition) is 1. The monoisotopic (exact) mass is 239 g/mol. The van der Waals surface area contributed by atoms with E-state index in [1.54, 1.807) is 6.07 Å². The van der Waals surface area contributed by atoms with E-state index in [2.05, 4.69) is 0 Å². The summed E-state index contributed by atoms with van der Waals surface area (Å²) in [5.41, 5.74) is 5.76. The summed E-state index contributed by atoms with van der Waals surface area (Å²) < 4.78 is 21.3. The van der Waals surface area contributed by atoms with Crippen LogP contribution in [-0.4, -0.2) is 12.6 Å². The Labute approximate surface area is 86.4 Å². The summed E-state index contributed by atoms with van der Waals surface area (Å²) in [5, 5.41) is 0. The van der Waals surface area contributed by atoms with Gasteiger partial charge in [-0.25, -0.2) is 8.42 Å². The van der Waals surface area contributed by atoms with Crippen molar-refractivity contribution < 1.29 is 8.42 Å². The second kappa shape index (κ2) is 3.74. The maximum absolute atomic E-state index is 11.4. The Hall–Kier alpha value is -0.450. The molecule has 0 amide bonds. The van der Waals surface area contributed by atoms with Gasteiger partial charge in [0.15, 0.2) is 0 Å². The van der Waals surface area contributed by atoms with Crippen molar-refractivity contribution in [2.24, 2.45) is 0 Å². The zero-order valence-corrected chi connectivity index (χ0v) is 8.77. The molecule has 0 aliphatic rings. The first-order chi connectivity index (χ1) is 5.94. The lowest BCUT2D eigenvalue weighted by Crippen LogP contribution is -2.09. The molecule has 0 saturated heterocycles. The number of alkyl halides is 2. The molecule has 0 bridgehead atoms. The van der Waals surface area contributed by atoms with Crippen molar-refractivity contribution in [3.8, 4) is 0 Å². The molecule has 0 unspecified atom stereocenters. The highest BCUT2D eigenvalue weighted by molar-refractivity contribution is 7.94. The number of benzene rings is 1. The Kier molecular flexibility index (Phi) is 3.05. The minimum Gasteiger partial charge on any atom is -0.399 e. The third-order valence-electron chi connectivity index (χ3n) is 1.42. The first-order valence-electron chi connectivity index (χ1n) is 3.32. The normalized spacial score (nSPS) is 11.9. The van der Waals surface area contributed by atoms with E-state index in [1.165, 1.54) is 18.2 Å². The maximum atomic E-state index is 11.4. The fourth-order valence-electron chi connectivity index (χ4n) is 0.794. The SMILES string of the molecule is Nc1cccc(S(=O)(=O)C(Cl)Cl)c1. The molecule has 1 aromatic rings. The second-order valence-corrected chi connectivity index (χ2v) is 6.02. The van der Waals surface area contributed by atoms with Crippen LogP contribution < -0.4 is 5.73 Å². The molecule has 0 aliphatic carbocycles. The third-order valence-corrected chi connectivity index (χ3v) is 4.21. The molecule has 0 aliphatic heterocycles. The molecule has 1 rings (SSSR count). The molecule has 0 atom stereocenters. The van der Waals surface area contributed by atoms with Crippen molar-refractivity contribution in [3.05, 3.63) is 24.3 Å². The van der Waals surface area contributed by atoms with Gasteiger partial charge < -0.3 is 5.73 Å². The van der Waals surface area contributed by atoms with Crippen LogP contribution in [0, 0.1) is 0 Å². The predicted molar refractivity (Wildman–Crippen MR) is 53.5 cm³/mol. The second-order valence-electron chi connectivity index (χ2n) is 2.38. The first kappa shape index (κ1) is 10.6. The van der Waals surface area contributed by atoms with Crippen LogP contribution in [0.4, 0.5) is 5.69 Å². The highest BCUT2D eigenvalue weighted by Crippen LogP contribution is 2.22. The van der Waals surface area contributed by atoms with Gasteiger partial charge in [-0.15, -0.1) is 0 Å². The lowest BCUT2D eigenvalue weighted by atomic mass is 10.3. The standard InChI is InChI=1S/C7H7Cl2NO2S/c8-7(9)13(11,12)6-3-1-2-5(10)4-6/h1-4,7H,10H2. The Morgan fingerprint density at radius 2 is 1.92 bits per heavy atom. The highest BCUT2D eigenvalue weighted by Gasteiger charge is 2.22. The van der Waals surface area contributed by atoms with Gasteiger partial charge in [0.1, 0.15) is 0 Å². The first-order valence-corrected chi connectivity index (χ1v) is 5.74. The molecule has 72 valence electrons. The summed E-state index contributed by atoms with van der Waals surface area (Å²) in [5.74, 6) is 0. The van der Waals surface area contributed by atoms with Gasteiger partial charge in [0.05, 0.1) is 4.90 Å². The van der Waals surface area contributed by atoms with E-state index >= 15 is 0 Å². The van der Waals surface area contributed by atoms with Gasteiger partial charge in [0.25, 0.3) is 0 Å². The Morgan fingerprint density at radius 3 is 2.38 bits per heavy atom. The zero-order valence-electron chi connectivity index (χ0n) is 6.44. The fraction of sp³-hybridized carbons (Fsp3) is 0.143. The minimum absolute atomic E-state index is 0.0301. The van der Waals surface area contributed by atoms with Crippen LogP contribution in [0.15, 0.2) is 29.2 Å². The molecule has 13 heavy (non-hydrogen) atoms. The van der Waals surface area contributed by atoms with Crippen LogP contribution in [0.5, 0.6) is 0 Å². The number of sulfone groups is 1. The van der Waals surface area contributed by atoms with Gasteiger partial charge in [-0.05, 0) is 18.2 Å². The van der Waals surface area contributed by atoms with Crippen molar-refractivity contribution in [1.29, 1.82) is 0 Å². The molecule has 0 heterocycles. The molecule has 0 radical (unpaired) electrons. The molecular weight excluding hydrogens is 233 g/mol. The van der Waals surface area contributed by atoms with E-state index in [0.717, 1.165) is 0 Å². The van der Waals surface area contributed by atoms with Gasteiger partial charge in [0.2, 0.25) is 14.0 Å². The Morgan fingerprint density at radius 1 is 1.31 bits per heavy atom. The highest BCUT2D eigenvalue weighted by atomic mass is 35.5. The number of anilines is 1. The van der Waals surface area contributed by atoms with Gasteiger partial charge in [-0.2, -0.15) is 0 Å². The fourth-order valence-corrected chi connectivity index (χ4v) is 2.19. The molecule has 3 nitrogen and oxygen atoms in total. The Balaban J connectivity index is 3.24. The summed E-state index contributed by atoms with van der Waals surface area (Å²) in [6, 6.07) is 5.81. The molecule has 0 aromatic heterocycles. The molecule has 2 N–H and O–H groups in total. The van der Waals surface area contributed by atoms with Crippen LogP contribution in [0.3, 0.4) is 0 Å². The van der Waals surface area contributed by atoms with Crippen molar-refractivity contribution in [3.63, 3.8) is 0 Å². The molecular formula is C7H7Cl2NO2S. The molecule has 0 fully saturated rings. The van der Waals surface area contributed by atoms with Crippen molar-refractivity contribution in [1.82, 2.24) is 0 Å². The van der Waals surface area contributed by atoms with E-state index in [4.69, 9.17) is 28.9 Å². The van der Waals surface area contributed by atoms with E-state index in [0.29, 0.717) is 5.69 Å². The molecule has 6 heteroatoms. The maximum Gasteiger partial charge on any atom is 0.212 e.